The van der Waals surface area contributed by atoms with Crippen LogP contribution in [-0.2, 0) is 11.3 Å². The molecule has 0 radical (unpaired) electrons. The van der Waals surface area contributed by atoms with Crippen molar-refractivity contribution in [2.45, 2.75) is 19.9 Å². The average molecular weight is 401 g/mol. The third-order valence-corrected chi connectivity index (χ3v) is 4.72. The number of hydrogen-bond acceptors (Lipinski definition) is 4. The second-order valence-electron chi connectivity index (χ2n) is 6.73. The highest BCUT2D eigenvalue weighted by Gasteiger charge is 2.19. The number of aromatic nitrogens is 4. The molecule has 1 amide bonds. The monoisotopic (exact) mass is 401 g/mol. The lowest BCUT2D eigenvalue weighted by molar-refractivity contribution is -0.118. The summed E-state index contributed by atoms with van der Waals surface area (Å²) in [6, 6.07) is 17.6. The summed E-state index contributed by atoms with van der Waals surface area (Å²) in [6.07, 6.45) is 3.63. The highest BCUT2D eigenvalue weighted by Crippen LogP contribution is 2.30. The van der Waals surface area contributed by atoms with Crippen LogP contribution in [0, 0.1) is 5.82 Å². The van der Waals surface area contributed by atoms with Gasteiger partial charge in [-0.1, -0.05) is 37.3 Å². The Morgan fingerprint density at radius 1 is 1.07 bits per heavy atom. The number of halogens is 1. The maximum atomic E-state index is 13.3. The van der Waals surface area contributed by atoms with Crippen molar-refractivity contribution in [2.24, 2.45) is 0 Å². The Morgan fingerprint density at radius 2 is 1.83 bits per heavy atom. The Kier molecular flexibility index (Phi) is 5.61. The Hall–Kier alpha value is -3.87. The molecule has 0 aliphatic rings. The summed E-state index contributed by atoms with van der Waals surface area (Å²) in [6.45, 7) is 2.19. The fourth-order valence-corrected chi connectivity index (χ4v) is 3.17. The topological polar surface area (TPSA) is 74.8 Å². The molecule has 2 aromatic heterocycles. The lowest BCUT2D eigenvalue weighted by Crippen LogP contribution is -2.31. The fourth-order valence-electron chi connectivity index (χ4n) is 3.17. The van der Waals surface area contributed by atoms with Gasteiger partial charge in [-0.2, -0.15) is 5.10 Å². The van der Waals surface area contributed by atoms with Crippen LogP contribution >= 0.6 is 0 Å². The summed E-state index contributed by atoms with van der Waals surface area (Å²) in [5, 5.41) is 7.08. The number of carbonyl (C=O) groups excluding carboxylic acids is 1. The van der Waals surface area contributed by atoms with E-state index < -0.39 is 0 Å². The molecule has 0 saturated heterocycles. The third kappa shape index (κ3) is 4.10. The van der Waals surface area contributed by atoms with Gasteiger partial charge < -0.3 is 0 Å². The zero-order valence-electron chi connectivity index (χ0n) is 16.4. The number of hydrogen-bond donors (Lipinski definition) is 1. The molecule has 30 heavy (non-hydrogen) atoms. The third-order valence-electron chi connectivity index (χ3n) is 4.72. The number of rotatable bonds is 6. The molecular formula is C23H20FN5O. The Morgan fingerprint density at radius 3 is 2.57 bits per heavy atom. The first kappa shape index (κ1) is 19.4. The van der Waals surface area contributed by atoms with Crippen molar-refractivity contribution in [3.05, 3.63) is 84.4 Å². The lowest BCUT2D eigenvalue weighted by Gasteiger charge is -2.20. The first-order valence-corrected chi connectivity index (χ1v) is 9.62. The SMILES string of the molecule is CCC(=O)N(Cc1ccccc1)c1nccc(-c2cn[nH]c2-c2ccc(F)cc2)n1. The fraction of sp³-hybridized carbons (Fsp3) is 0.130. The van der Waals surface area contributed by atoms with Crippen LogP contribution in [0.1, 0.15) is 18.9 Å². The number of H-pyrrole nitrogens is 1. The summed E-state index contributed by atoms with van der Waals surface area (Å²) < 4.78 is 13.3. The van der Waals surface area contributed by atoms with E-state index in [0.717, 1.165) is 22.4 Å². The van der Waals surface area contributed by atoms with Crippen LogP contribution in [0.25, 0.3) is 22.5 Å². The number of anilines is 1. The predicted molar refractivity (Wildman–Crippen MR) is 113 cm³/mol. The van der Waals surface area contributed by atoms with Crippen molar-refractivity contribution in [1.82, 2.24) is 20.2 Å². The van der Waals surface area contributed by atoms with Gasteiger partial charge in [-0.05, 0) is 35.9 Å². The molecular weight excluding hydrogens is 381 g/mol. The van der Waals surface area contributed by atoms with Gasteiger partial charge >= 0.3 is 0 Å². The van der Waals surface area contributed by atoms with E-state index in [4.69, 9.17) is 0 Å². The van der Waals surface area contributed by atoms with Crippen LogP contribution in [0.4, 0.5) is 10.3 Å². The van der Waals surface area contributed by atoms with E-state index in [1.54, 1.807) is 35.5 Å². The van der Waals surface area contributed by atoms with E-state index >= 15 is 0 Å². The van der Waals surface area contributed by atoms with Crippen molar-refractivity contribution >= 4 is 11.9 Å². The number of carbonyl (C=O) groups is 1. The molecule has 150 valence electrons. The molecule has 2 aromatic carbocycles. The van der Waals surface area contributed by atoms with Gasteiger partial charge in [0.15, 0.2) is 0 Å². The van der Waals surface area contributed by atoms with E-state index in [1.807, 2.05) is 37.3 Å². The van der Waals surface area contributed by atoms with Crippen LogP contribution in [-0.4, -0.2) is 26.1 Å². The summed E-state index contributed by atoms with van der Waals surface area (Å²) in [5.41, 5.74) is 3.86. The van der Waals surface area contributed by atoms with Gasteiger partial charge in [-0.25, -0.2) is 14.4 Å². The molecule has 2 heterocycles. The molecule has 6 nitrogen and oxygen atoms in total. The molecule has 7 heteroatoms. The second kappa shape index (κ2) is 8.65. The lowest BCUT2D eigenvalue weighted by atomic mass is 10.1. The van der Waals surface area contributed by atoms with Gasteiger partial charge in [0, 0.05) is 23.7 Å². The Labute approximate surface area is 173 Å². The van der Waals surface area contributed by atoms with Gasteiger partial charge in [0.25, 0.3) is 0 Å². The molecule has 0 atom stereocenters. The minimum Gasteiger partial charge on any atom is -0.277 e. The average Bonchev–Trinajstić information content (AvgIpc) is 3.28. The quantitative estimate of drug-likeness (QED) is 0.512. The van der Waals surface area contributed by atoms with E-state index in [2.05, 4.69) is 20.2 Å². The van der Waals surface area contributed by atoms with E-state index in [0.29, 0.717) is 24.6 Å². The van der Waals surface area contributed by atoms with Crippen LogP contribution in [0.3, 0.4) is 0 Å². The van der Waals surface area contributed by atoms with Gasteiger partial charge in [-0.3, -0.25) is 14.8 Å². The maximum Gasteiger partial charge on any atom is 0.232 e. The smallest absolute Gasteiger partial charge is 0.232 e. The van der Waals surface area contributed by atoms with Crippen molar-refractivity contribution in [3.63, 3.8) is 0 Å². The molecule has 0 bridgehead atoms. The van der Waals surface area contributed by atoms with Gasteiger partial charge in [0.05, 0.1) is 24.1 Å². The molecule has 0 spiro atoms. The summed E-state index contributed by atoms with van der Waals surface area (Å²) in [7, 11) is 0. The highest BCUT2D eigenvalue weighted by atomic mass is 19.1. The second-order valence-corrected chi connectivity index (χ2v) is 6.73. The molecule has 0 saturated carbocycles. The van der Waals surface area contributed by atoms with E-state index in [-0.39, 0.29) is 11.7 Å². The Balaban J connectivity index is 1.71. The number of nitrogens with one attached hydrogen (secondary N) is 1. The van der Waals surface area contributed by atoms with Gasteiger partial charge in [0.1, 0.15) is 5.82 Å². The van der Waals surface area contributed by atoms with Crippen LogP contribution in [0.15, 0.2) is 73.1 Å². The summed E-state index contributed by atoms with van der Waals surface area (Å²) in [5.74, 6) is -0.0461. The molecule has 0 unspecified atom stereocenters. The van der Waals surface area contributed by atoms with Crippen LogP contribution in [0.2, 0.25) is 0 Å². The standard InChI is InChI=1S/C23H20FN5O/c1-2-21(30)29(15-16-6-4-3-5-7-16)23-25-13-12-20(27-23)19-14-26-28-22(19)17-8-10-18(24)11-9-17/h3-14H,2,15H2,1H3,(H,26,28). The number of amides is 1. The van der Waals surface area contributed by atoms with E-state index in [9.17, 15) is 9.18 Å². The molecule has 0 aliphatic heterocycles. The van der Waals surface area contributed by atoms with Crippen molar-refractivity contribution < 1.29 is 9.18 Å². The number of nitrogens with zero attached hydrogens (tertiary/aromatic N) is 4. The Bertz CT molecular complexity index is 1140. The first-order valence-electron chi connectivity index (χ1n) is 9.62. The molecule has 4 aromatic rings. The molecule has 0 fully saturated rings. The predicted octanol–water partition coefficient (Wildman–Crippen LogP) is 4.62. The van der Waals surface area contributed by atoms with Crippen LogP contribution in [0.5, 0.6) is 0 Å². The van der Waals surface area contributed by atoms with Crippen molar-refractivity contribution in [1.29, 1.82) is 0 Å². The zero-order valence-corrected chi connectivity index (χ0v) is 16.4. The van der Waals surface area contributed by atoms with Crippen molar-refractivity contribution in [3.8, 4) is 22.5 Å². The molecule has 1 N–H and O–H groups in total. The molecule has 4 rings (SSSR count). The number of aromatic amines is 1. The minimum atomic E-state index is -0.307. The zero-order chi connectivity index (χ0) is 20.9. The van der Waals surface area contributed by atoms with Crippen molar-refractivity contribution in [2.75, 3.05) is 4.90 Å². The minimum absolute atomic E-state index is 0.0676. The normalized spacial score (nSPS) is 10.7. The first-order chi connectivity index (χ1) is 14.7. The largest absolute Gasteiger partial charge is 0.277 e. The van der Waals surface area contributed by atoms with Crippen LogP contribution < -0.4 is 4.90 Å². The van der Waals surface area contributed by atoms with E-state index in [1.165, 1.54) is 12.1 Å². The highest BCUT2D eigenvalue weighted by molar-refractivity contribution is 5.91. The maximum absolute atomic E-state index is 13.3. The number of benzene rings is 2. The molecule has 0 aliphatic carbocycles. The summed E-state index contributed by atoms with van der Waals surface area (Å²) >= 11 is 0. The van der Waals surface area contributed by atoms with Gasteiger partial charge in [-0.15, -0.1) is 0 Å². The van der Waals surface area contributed by atoms with Gasteiger partial charge in [0.2, 0.25) is 11.9 Å². The summed E-state index contributed by atoms with van der Waals surface area (Å²) in [4.78, 5) is 23.2.